The lowest BCUT2D eigenvalue weighted by molar-refractivity contribution is 0.198. The molecule has 27 heavy (non-hydrogen) atoms. The number of aliphatic imine (C=N–C) groups is 1. The Balaban J connectivity index is 0.00000364. The Morgan fingerprint density at radius 2 is 1.96 bits per heavy atom. The first-order valence-electron chi connectivity index (χ1n) is 10.0. The highest BCUT2D eigenvalue weighted by Gasteiger charge is 2.20. The van der Waals surface area contributed by atoms with Crippen LogP contribution in [0.5, 0.6) is 0 Å². The smallest absolute Gasteiger partial charge is 0.191 e. The lowest BCUT2D eigenvalue weighted by Gasteiger charge is -2.33. The van der Waals surface area contributed by atoms with Crippen LogP contribution in [0, 0.1) is 6.92 Å². The van der Waals surface area contributed by atoms with Gasteiger partial charge in [-0.05, 0) is 62.7 Å². The number of thioether (sulfide) groups is 1. The van der Waals surface area contributed by atoms with Gasteiger partial charge in [-0.25, -0.2) is 0 Å². The van der Waals surface area contributed by atoms with Crippen LogP contribution in [0.2, 0.25) is 0 Å². The second kappa shape index (κ2) is 14.5. The van der Waals surface area contributed by atoms with Crippen molar-refractivity contribution in [3.8, 4) is 0 Å². The molecule has 1 fully saturated rings. The van der Waals surface area contributed by atoms with E-state index in [-0.39, 0.29) is 24.0 Å². The van der Waals surface area contributed by atoms with E-state index in [0.29, 0.717) is 6.04 Å². The van der Waals surface area contributed by atoms with Gasteiger partial charge in [-0.15, -0.1) is 24.0 Å². The highest BCUT2D eigenvalue weighted by Crippen LogP contribution is 2.16. The normalized spacial score (nSPS) is 16.0. The molecule has 4 nitrogen and oxygen atoms in total. The molecule has 0 saturated carbocycles. The average Bonchev–Trinajstić information content (AvgIpc) is 2.65. The van der Waals surface area contributed by atoms with Gasteiger partial charge in [-0.3, -0.25) is 9.89 Å². The molecular formula is C21H37IN4S. The van der Waals surface area contributed by atoms with Crippen molar-refractivity contribution in [3.05, 3.63) is 35.4 Å². The van der Waals surface area contributed by atoms with Crippen molar-refractivity contribution in [1.29, 1.82) is 0 Å². The summed E-state index contributed by atoms with van der Waals surface area (Å²) in [5.74, 6) is 2.23. The largest absolute Gasteiger partial charge is 0.357 e. The summed E-state index contributed by atoms with van der Waals surface area (Å²) in [6, 6.07) is 9.27. The molecule has 6 heteroatoms. The molecule has 0 aromatic heterocycles. The quantitative estimate of drug-likeness (QED) is 0.228. The minimum Gasteiger partial charge on any atom is -0.357 e. The minimum atomic E-state index is 0. The van der Waals surface area contributed by atoms with E-state index in [1.165, 1.54) is 42.6 Å². The zero-order chi connectivity index (χ0) is 18.6. The summed E-state index contributed by atoms with van der Waals surface area (Å²) in [6.45, 7) is 9.56. The van der Waals surface area contributed by atoms with Gasteiger partial charge < -0.3 is 10.6 Å². The number of hydrogen-bond acceptors (Lipinski definition) is 3. The third-order valence-electron chi connectivity index (χ3n) is 4.95. The molecular weight excluding hydrogens is 467 g/mol. The molecule has 0 unspecified atom stereocenters. The van der Waals surface area contributed by atoms with Crippen LogP contribution >= 0.6 is 35.7 Å². The molecule has 0 bridgehead atoms. The van der Waals surface area contributed by atoms with E-state index in [9.17, 15) is 0 Å². The average molecular weight is 505 g/mol. The predicted molar refractivity (Wildman–Crippen MR) is 132 cm³/mol. The number of rotatable bonds is 9. The van der Waals surface area contributed by atoms with E-state index in [1.807, 2.05) is 11.8 Å². The summed E-state index contributed by atoms with van der Waals surface area (Å²) in [7, 11) is 0. The summed E-state index contributed by atoms with van der Waals surface area (Å²) in [5, 5.41) is 7.05. The van der Waals surface area contributed by atoms with Crippen LogP contribution in [-0.2, 0) is 6.54 Å². The molecule has 1 heterocycles. The first-order valence-corrected chi connectivity index (χ1v) is 11.4. The van der Waals surface area contributed by atoms with Crippen molar-refractivity contribution in [2.24, 2.45) is 4.99 Å². The van der Waals surface area contributed by atoms with Gasteiger partial charge in [0.15, 0.2) is 5.96 Å². The molecule has 1 aromatic carbocycles. The Kier molecular flexibility index (Phi) is 13.2. The van der Waals surface area contributed by atoms with Crippen molar-refractivity contribution < 1.29 is 0 Å². The Hall–Kier alpha value is -0.470. The van der Waals surface area contributed by atoms with Crippen LogP contribution in [0.4, 0.5) is 0 Å². The molecule has 0 aliphatic carbocycles. The first-order chi connectivity index (χ1) is 12.7. The van der Waals surface area contributed by atoms with E-state index < -0.39 is 0 Å². The number of piperidine rings is 1. The molecule has 2 rings (SSSR count). The summed E-state index contributed by atoms with van der Waals surface area (Å²) < 4.78 is 0. The summed E-state index contributed by atoms with van der Waals surface area (Å²) in [6.07, 6.45) is 6.96. The zero-order valence-corrected chi connectivity index (χ0v) is 20.3. The Bertz CT molecular complexity index is 545. The van der Waals surface area contributed by atoms with Crippen LogP contribution in [0.3, 0.4) is 0 Å². The van der Waals surface area contributed by atoms with Gasteiger partial charge in [0.1, 0.15) is 0 Å². The van der Waals surface area contributed by atoms with Crippen LogP contribution in [0.1, 0.15) is 43.7 Å². The van der Waals surface area contributed by atoms with Crippen molar-refractivity contribution in [2.45, 2.75) is 52.1 Å². The fraction of sp³-hybridized carbons (Fsp3) is 0.667. The zero-order valence-electron chi connectivity index (χ0n) is 17.2. The number of aryl methyl sites for hydroxylation is 1. The van der Waals surface area contributed by atoms with Crippen molar-refractivity contribution >= 4 is 41.7 Å². The third kappa shape index (κ3) is 9.52. The third-order valence-corrected chi connectivity index (χ3v) is 5.65. The number of hydrogen-bond donors (Lipinski definition) is 2. The molecule has 0 spiro atoms. The van der Waals surface area contributed by atoms with E-state index in [0.717, 1.165) is 38.7 Å². The van der Waals surface area contributed by atoms with E-state index in [2.05, 4.69) is 59.9 Å². The Labute approximate surface area is 187 Å². The van der Waals surface area contributed by atoms with Crippen LogP contribution < -0.4 is 10.6 Å². The van der Waals surface area contributed by atoms with E-state index in [1.54, 1.807) is 0 Å². The summed E-state index contributed by atoms with van der Waals surface area (Å²) in [5.41, 5.74) is 2.86. The summed E-state index contributed by atoms with van der Waals surface area (Å²) in [4.78, 5) is 7.33. The number of nitrogens with zero attached hydrogens (tertiary/aromatic N) is 2. The lowest BCUT2D eigenvalue weighted by Crippen LogP contribution is -2.48. The van der Waals surface area contributed by atoms with E-state index in [4.69, 9.17) is 4.99 Å². The van der Waals surface area contributed by atoms with Crippen molar-refractivity contribution in [2.75, 3.05) is 38.2 Å². The van der Waals surface area contributed by atoms with Crippen molar-refractivity contribution in [1.82, 2.24) is 15.5 Å². The SMILES string of the molecule is CCNC(=NCCCCSC)NC1CCN(Cc2ccccc2C)CC1.I. The minimum absolute atomic E-state index is 0. The Morgan fingerprint density at radius 3 is 2.63 bits per heavy atom. The number of likely N-dealkylation sites (tertiary alicyclic amines) is 1. The number of guanidine groups is 1. The maximum Gasteiger partial charge on any atom is 0.191 e. The maximum atomic E-state index is 4.75. The van der Waals surface area contributed by atoms with Gasteiger partial charge >= 0.3 is 0 Å². The predicted octanol–water partition coefficient (Wildman–Crippen LogP) is 4.28. The second-order valence-corrected chi connectivity index (χ2v) is 8.07. The summed E-state index contributed by atoms with van der Waals surface area (Å²) >= 11 is 1.92. The highest BCUT2D eigenvalue weighted by atomic mass is 127. The molecule has 1 aromatic rings. The molecule has 2 N–H and O–H groups in total. The molecule has 1 aliphatic heterocycles. The van der Waals surface area contributed by atoms with Gasteiger partial charge in [-0.2, -0.15) is 11.8 Å². The van der Waals surface area contributed by atoms with Gasteiger partial charge in [-0.1, -0.05) is 24.3 Å². The molecule has 1 saturated heterocycles. The van der Waals surface area contributed by atoms with Gasteiger partial charge in [0.2, 0.25) is 0 Å². The number of nitrogens with one attached hydrogen (secondary N) is 2. The first kappa shape index (κ1) is 24.6. The Morgan fingerprint density at radius 1 is 1.22 bits per heavy atom. The second-order valence-electron chi connectivity index (χ2n) is 7.08. The number of benzene rings is 1. The number of halogens is 1. The van der Waals surface area contributed by atoms with Gasteiger partial charge in [0, 0.05) is 38.8 Å². The van der Waals surface area contributed by atoms with Crippen LogP contribution in [-0.4, -0.2) is 55.1 Å². The molecule has 0 amide bonds. The highest BCUT2D eigenvalue weighted by molar-refractivity contribution is 14.0. The molecule has 154 valence electrons. The van der Waals surface area contributed by atoms with Crippen LogP contribution in [0.25, 0.3) is 0 Å². The molecule has 0 radical (unpaired) electrons. The fourth-order valence-corrected chi connectivity index (χ4v) is 3.82. The fourth-order valence-electron chi connectivity index (χ4n) is 3.33. The van der Waals surface area contributed by atoms with Crippen molar-refractivity contribution in [3.63, 3.8) is 0 Å². The van der Waals surface area contributed by atoms with Crippen LogP contribution in [0.15, 0.2) is 29.3 Å². The van der Waals surface area contributed by atoms with E-state index >= 15 is 0 Å². The molecule has 0 atom stereocenters. The molecule has 1 aliphatic rings. The van der Waals surface area contributed by atoms with Gasteiger partial charge in [0.05, 0.1) is 0 Å². The van der Waals surface area contributed by atoms with Gasteiger partial charge in [0.25, 0.3) is 0 Å². The standard InChI is InChI=1S/C21H36N4S.HI/c1-4-22-21(23-13-7-8-16-26-3)24-20-11-14-25(15-12-20)17-19-10-6-5-9-18(19)2;/h5-6,9-10,20H,4,7-8,11-17H2,1-3H3,(H2,22,23,24);1H. The monoisotopic (exact) mass is 504 g/mol. The maximum absolute atomic E-state index is 4.75. The topological polar surface area (TPSA) is 39.7 Å². The lowest BCUT2D eigenvalue weighted by atomic mass is 10.0. The number of unbranched alkanes of at least 4 members (excludes halogenated alkanes) is 1.